The summed E-state index contributed by atoms with van der Waals surface area (Å²) in [6, 6.07) is 11.8. The van der Waals surface area contributed by atoms with E-state index in [0.717, 1.165) is 51.4 Å². The number of thiophene rings is 1. The van der Waals surface area contributed by atoms with Gasteiger partial charge in [-0.05, 0) is 35.4 Å². The average molecular weight is 417 g/mol. The van der Waals surface area contributed by atoms with E-state index in [1.165, 1.54) is 10.4 Å². The molecular formula is C22H28N2O4S. The Labute approximate surface area is 175 Å². The zero-order chi connectivity index (χ0) is 20.9. The van der Waals surface area contributed by atoms with Gasteiger partial charge in [-0.1, -0.05) is 30.3 Å². The number of carbonyl (C=O) groups excluding carboxylic acids is 1. The van der Waals surface area contributed by atoms with E-state index in [9.17, 15) is 4.79 Å². The molecule has 1 atom stereocenters. The second-order valence-corrected chi connectivity index (χ2v) is 8.47. The summed E-state index contributed by atoms with van der Waals surface area (Å²) >= 11 is 1.83. The maximum absolute atomic E-state index is 12.7. The predicted octanol–water partition coefficient (Wildman–Crippen LogP) is 3.32. The number of carboxylic acids is 1. The number of hydrogen-bond acceptors (Lipinski definition) is 5. The van der Waals surface area contributed by atoms with E-state index in [2.05, 4.69) is 11.4 Å². The quantitative estimate of drug-likeness (QED) is 0.801. The fourth-order valence-electron chi connectivity index (χ4n) is 4.02. The monoisotopic (exact) mass is 416 g/mol. The highest BCUT2D eigenvalue weighted by Crippen LogP contribution is 2.43. The lowest BCUT2D eigenvalue weighted by molar-refractivity contribution is -0.141. The second kappa shape index (κ2) is 9.52. The first kappa shape index (κ1) is 21.5. The molecule has 0 bridgehead atoms. The van der Waals surface area contributed by atoms with Crippen molar-refractivity contribution in [3.05, 3.63) is 57.8 Å². The van der Waals surface area contributed by atoms with Crippen LogP contribution in [0, 0.1) is 0 Å². The number of carboxylic acid groups (broad SMARTS) is 1. The van der Waals surface area contributed by atoms with Crippen molar-refractivity contribution in [2.75, 3.05) is 19.7 Å². The molecule has 29 heavy (non-hydrogen) atoms. The molecule has 0 radical (unpaired) electrons. The maximum atomic E-state index is 12.7. The van der Waals surface area contributed by atoms with E-state index in [4.69, 9.17) is 20.4 Å². The zero-order valence-corrected chi connectivity index (χ0v) is 17.5. The zero-order valence-electron chi connectivity index (χ0n) is 16.7. The van der Waals surface area contributed by atoms with Crippen molar-refractivity contribution >= 4 is 23.2 Å². The number of hydrogen-bond donors (Lipinski definition) is 2. The molecule has 0 saturated carbocycles. The number of fused-ring (bicyclic) bond motifs is 2. The Morgan fingerprint density at radius 2 is 1.90 bits per heavy atom. The Balaban J connectivity index is 0.000000552. The largest absolute Gasteiger partial charge is 0.481 e. The van der Waals surface area contributed by atoms with Crippen LogP contribution in [0.25, 0.3) is 0 Å². The van der Waals surface area contributed by atoms with Crippen molar-refractivity contribution in [1.82, 2.24) is 4.90 Å². The molecule has 1 spiro atoms. The Bertz CT molecular complexity index is 824. The summed E-state index contributed by atoms with van der Waals surface area (Å²) in [6.07, 6.45) is 3.14. The summed E-state index contributed by atoms with van der Waals surface area (Å²) in [6.45, 7) is 3.37. The van der Waals surface area contributed by atoms with Crippen molar-refractivity contribution in [1.29, 1.82) is 0 Å². The van der Waals surface area contributed by atoms with Crippen LogP contribution in [0.2, 0.25) is 0 Å². The minimum absolute atomic E-state index is 0.146. The van der Waals surface area contributed by atoms with Gasteiger partial charge in [-0.3, -0.25) is 9.59 Å². The van der Waals surface area contributed by atoms with Gasteiger partial charge in [-0.25, -0.2) is 0 Å². The molecule has 4 rings (SSSR count). The molecule has 1 amide bonds. The van der Waals surface area contributed by atoms with E-state index in [1.54, 1.807) is 0 Å². The standard InChI is InChI=1S/C20H24N2O2S.C2H4O2/c21-17(15-4-2-1-3-5-15)14-19(23)22-10-8-20(9-11-22)16-7-13-25-18(16)6-12-24-20;1-2(3)4/h1-5,7,13,17H,6,8-12,14,21H2;1H3,(H,3,4). The summed E-state index contributed by atoms with van der Waals surface area (Å²) in [5.41, 5.74) is 8.42. The summed E-state index contributed by atoms with van der Waals surface area (Å²) in [5.74, 6) is -0.687. The lowest BCUT2D eigenvalue weighted by Crippen LogP contribution is -2.48. The van der Waals surface area contributed by atoms with Gasteiger partial charge in [0.2, 0.25) is 5.91 Å². The number of rotatable bonds is 3. The Morgan fingerprint density at radius 3 is 2.55 bits per heavy atom. The van der Waals surface area contributed by atoms with Gasteiger partial charge in [0, 0.05) is 43.8 Å². The van der Waals surface area contributed by atoms with E-state index in [0.29, 0.717) is 6.42 Å². The minimum Gasteiger partial charge on any atom is -0.481 e. The molecule has 7 heteroatoms. The molecule has 1 aromatic carbocycles. The lowest BCUT2D eigenvalue weighted by Gasteiger charge is -2.44. The Hall–Kier alpha value is -2.22. The predicted molar refractivity (Wildman–Crippen MR) is 113 cm³/mol. The number of amides is 1. The van der Waals surface area contributed by atoms with Crippen molar-refractivity contribution in [2.24, 2.45) is 5.73 Å². The molecule has 0 aliphatic carbocycles. The van der Waals surface area contributed by atoms with Crippen LogP contribution in [-0.2, 0) is 26.3 Å². The van der Waals surface area contributed by atoms with Crippen LogP contribution in [0.1, 0.15) is 48.2 Å². The molecule has 6 nitrogen and oxygen atoms in total. The molecule has 1 saturated heterocycles. The van der Waals surface area contributed by atoms with Gasteiger partial charge in [-0.2, -0.15) is 0 Å². The second-order valence-electron chi connectivity index (χ2n) is 7.47. The van der Waals surface area contributed by atoms with Crippen molar-refractivity contribution < 1.29 is 19.4 Å². The van der Waals surface area contributed by atoms with Crippen molar-refractivity contribution in [3.8, 4) is 0 Å². The number of benzene rings is 1. The summed E-state index contributed by atoms with van der Waals surface area (Å²) in [4.78, 5) is 25.1. The van der Waals surface area contributed by atoms with Crippen LogP contribution in [0.5, 0.6) is 0 Å². The molecule has 3 N–H and O–H groups in total. The van der Waals surface area contributed by atoms with Crippen molar-refractivity contribution in [3.63, 3.8) is 0 Å². The minimum atomic E-state index is -0.833. The topological polar surface area (TPSA) is 92.9 Å². The van der Waals surface area contributed by atoms with Gasteiger partial charge in [0.05, 0.1) is 12.2 Å². The number of aliphatic carboxylic acids is 1. The molecule has 2 aliphatic rings. The molecule has 156 valence electrons. The third kappa shape index (κ3) is 5.23. The first-order chi connectivity index (χ1) is 13.9. The first-order valence-corrected chi connectivity index (χ1v) is 10.8. The fraction of sp³-hybridized carbons (Fsp3) is 0.455. The number of ether oxygens (including phenoxy) is 1. The van der Waals surface area contributed by atoms with Gasteiger partial charge in [-0.15, -0.1) is 11.3 Å². The number of nitrogens with two attached hydrogens (primary N) is 1. The third-order valence-corrected chi connectivity index (χ3v) is 6.47. The molecule has 1 unspecified atom stereocenters. The third-order valence-electron chi connectivity index (χ3n) is 5.49. The molecule has 1 fully saturated rings. The van der Waals surface area contributed by atoms with E-state index in [-0.39, 0.29) is 17.6 Å². The number of carbonyl (C=O) groups is 2. The first-order valence-electron chi connectivity index (χ1n) is 9.90. The molecule has 2 aromatic rings. The van der Waals surface area contributed by atoms with Gasteiger partial charge in [0.15, 0.2) is 0 Å². The Morgan fingerprint density at radius 1 is 1.24 bits per heavy atom. The van der Waals surface area contributed by atoms with Crippen molar-refractivity contribution in [2.45, 2.75) is 44.2 Å². The molecule has 2 aliphatic heterocycles. The van der Waals surface area contributed by atoms with E-state index in [1.807, 2.05) is 46.6 Å². The molecular weight excluding hydrogens is 388 g/mol. The van der Waals surface area contributed by atoms with Crippen LogP contribution < -0.4 is 5.73 Å². The summed E-state index contributed by atoms with van der Waals surface area (Å²) in [5, 5.41) is 9.58. The maximum Gasteiger partial charge on any atom is 0.300 e. The summed E-state index contributed by atoms with van der Waals surface area (Å²) < 4.78 is 6.21. The average Bonchev–Trinajstić information content (AvgIpc) is 3.19. The lowest BCUT2D eigenvalue weighted by atomic mass is 9.82. The van der Waals surface area contributed by atoms with Crippen LogP contribution >= 0.6 is 11.3 Å². The van der Waals surface area contributed by atoms with E-state index < -0.39 is 5.97 Å². The van der Waals surface area contributed by atoms with Gasteiger partial charge >= 0.3 is 0 Å². The molecule has 3 heterocycles. The fourth-order valence-corrected chi connectivity index (χ4v) is 4.97. The number of likely N-dealkylation sites (tertiary alicyclic amines) is 1. The normalized spacial score (nSPS) is 18.3. The number of nitrogens with zero attached hydrogens (tertiary/aromatic N) is 1. The summed E-state index contributed by atoms with van der Waals surface area (Å²) in [7, 11) is 0. The highest BCUT2D eigenvalue weighted by Gasteiger charge is 2.42. The van der Waals surface area contributed by atoms with Gasteiger partial charge < -0.3 is 20.5 Å². The van der Waals surface area contributed by atoms with Crippen LogP contribution in [0.4, 0.5) is 0 Å². The smallest absolute Gasteiger partial charge is 0.300 e. The van der Waals surface area contributed by atoms with Crippen LogP contribution in [-0.4, -0.2) is 41.6 Å². The highest BCUT2D eigenvalue weighted by atomic mass is 32.1. The van der Waals surface area contributed by atoms with E-state index >= 15 is 0 Å². The van der Waals surface area contributed by atoms with Gasteiger partial charge in [0.1, 0.15) is 0 Å². The highest BCUT2D eigenvalue weighted by molar-refractivity contribution is 7.10. The van der Waals surface area contributed by atoms with Crippen LogP contribution in [0.15, 0.2) is 41.8 Å². The molecule has 1 aromatic heterocycles. The van der Waals surface area contributed by atoms with Gasteiger partial charge in [0.25, 0.3) is 5.97 Å². The number of piperidine rings is 1. The SMILES string of the molecule is CC(=O)O.NC(CC(=O)N1CCC2(CC1)OCCc1sccc12)c1ccccc1. The Kier molecular flexibility index (Phi) is 7.05. The van der Waals surface area contributed by atoms with Crippen LogP contribution in [0.3, 0.4) is 0 Å².